The van der Waals surface area contributed by atoms with E-state index in [-0.39, 0.29) is 12.4 Å². The van der Waals surface area contributed by atoms with E-state index in [9.17, 15) is 0 Å². The molecule has 0 bridgehead atoms. The lowest BCUT2D eigenvalue weighted by molar-refractivity contribution is 0.162. The molecule has 6 nitrogen and oxygen atoms in total. The van der Waals surface area contributed by atoms with Crippen molar-refractivity contribution in [2.45, 2.75) is 18.9 Å². The van der Waals surface area contributed by atoms with Crippen molar-refractivity contribution in [3.8, 4) is 17.1 Å². The minimum atomic E-state index is 0. The monoisotopic (exact) mass is 281 g/mol. The molecule has 1 aliphatic rings. The number of aromatic nitrogens is 4. The minimum absolute atomic E-state index is 0. The molecule has 0 aliphatic carbocycles. The molecule has 1 aromatic carbocycles. The molecular weight excluding hydrogens is 266 g/mol. The summed E-state index contributed by atoms with van der Waals surface area (Å²) in [6.07, 6.45) is 2.45. The Morgan fingerprint density at radius 2 is 1.84 bits per heavy atom. The average Bonchev–Trinajstić information content (AvgIpc) is 2.95. The third kappa shape index (κ3) is 3.42. The number of aromatic amines is 1. The fourth-order valence-corrected chi connectivity index (χ4v) is 2.07. The molecule has 2 heterocycles. The van der Waals surface area contributed by atoms with Gasteiger partial charge in [-0.3, -0.25) is 0 Å². The number of ether oxygens (including phenoxy) is 1. The zero-order chi connectivity index (χ0) is 12.2. The fourth-order valence-electron chi connectivity index (χ4n) is 2.07. The Morgan fingerprint density at radius 1 is 1.11 bits per heavy atom. The van der Waals surface area contributed by atoms with E-state index < -0.39 is 0 Å². The highest BCUT2D eigenvalue weighted by atomic mass is 35.5. The Kier molecular flexibility index (Phi) is 4.70. The van der Waals surface area contributed by atoms with Gasteiger partial charge in [-0.1, -0.05) is 0 Å². The van der Waals surface area contributed by atoms with Crippen LogP contribution in [0.15, 0.2) is 24.3 Å². The summed E-state index contributed by atoms with van der Waals surface area (Å²) in [6, 6.07) is 7.80. The Hall–Kier alpha value is -1.66. The SMILES string of the molecule is Cl.c1cc(-c2nn[nH]n2)ccc1OC1CCNCC1. The van der Waals surface area contributed by atoms with Gasteiger partial charge < -0.3 is 10.1 Å². The van der Waals surface area contributed by atoms with E-state index in [1.54, 1.807) is 0 Å². The Morgan fingerprint density at radius 3 is 2.47 bits per heavy atom. The second-order valence-corrected chi connectivity index (χ2v) is 4.33. The number of benzene rings is 1. The second kappa shape index (κ2) is 6.49. The molecule has 2 N–H and O–H groups in total. The third-order valence-electron chi connectivity index (χ3n) is 3.05. The first-order valence-corrected chi connectivity index (χ1v) is 6.13. The number of nitrogens with zero attached hydrogens (tertiary/aromatic N) is 3. The number of nitrogens with one attached hydrogen (secondary N) is 2. The Labute approximate surface area is 117 Å². The maximum atomic E-state index is 5.92. The zero-order valence-electron chi connectivity index (χ0n) is 10.4. The van der Waals surface area contributed by atoms with Crippen LogP contribution in [0.1, 0.15) is 12.8 Å². The van der Waals surface area contributed by atoms with Gasteiger partial charge in [0.25, 0.3) is 0 Å². The van der Waals surface area contributed by atoms with E-state index in [0.717, 1.165) is 37.2 Å². The first-order valence-electron chi connectivity index (χ1n) is 6.13. The lowest BCUT2D eigenvalue weighted by Gasteiger charge is -2.23. The van der Waals surface area contributed by atoms with Crippen LogP contribution < -0.4 is 10.1 Å². The van der Waals surface area contributed by atoms with Gasteiger partial charge in [0.1, 0.15) is 11.9 Å². The molecule has 1 fully saturated rings. The van der Waals surface area contributed by atoms with Crippen molar-refractivity contribution in [1.82, 2.24) is 25.9 Å². The van der Waals surface area contributed by atoms with E-state index in [1.165, 1.54) is 0 Å². The first kappa shape index (κ1) is 13.8. The molecule has 1 aromatic heterocycles. The van der Waals surface area contributed by atoms with Gasteiger partial charge in [0, 0.05) is 5.56 Å². The van der Waals surface area contributed by atoms with Crippen molar-refractivity contribution in [3.05, 3.63) is 24.3 Å². The second-order valence-electron chi connectivity index (χ2n) is 4.33. The molecule has 102 valence electrons. The van der Waals surface area contributed by atoms with Gasteiger partial charge in [0.15, 0.2) is 0 Å². The van der Waals surface area contributed by atoms with Gasteiger partial charge in [-0.2, -0.15) is 5.21 Å². The van der Waals surface area contributed by atoms with Crippen LogP contribution in [-0.2, 0) is 0 Å². The standard InChI is InChI=1S/C12H15N5O.ClH/c1-3-10(18-11-5-7-13-8-6-11)4-2-9(1)12-14-16-17-15-12;/h1-4,11,13H,5-8H2,(H,14,15,16,17);1H. The molecular formula is C12H16ClN5O. The minimum Gasteiger partial charge on any atom is -0.490 e. The Balaban J connectivity index is 0.00000133. The van der Waals surface area contributed by atoms with Gasteiger partial charge in [0.05, 0.1) is 0 Å². The summed E-state index contributed by atoms with van der Waals surface area (Å²) >= 11 is 0. The van der Waals surface area contributed by atoms with Crippen molar-refractivity contribution in [3.63, 3.8) is 0 Å². The molecule has 19 heavy (non-hydrogen) atoms. The average molecular weight is 282 g/mol. The molecule has 0 amide bonds. The number of rotatable bonds is 3. The normalized spacial score (nSPS) is 15.8. The smallest absolute Gasteiger partial charge is 0.204 e. The number of tetrazole rings is 1. The first-order chi connectivity index (χ1) is 8.92. The summed E-state index contributed by atoms with van der Waals surface area (Å²) in [5, 5.41) is 17.2. The highest BCUT2D eigenvalue weighted by Crippen LogP contribution is 2.21. The summed E-state index contributed by atoms with van der Waals surface area (Å²) in [7, 11) is 0. The van der Waals surface area contributed by atoms with Crippen LogP contribution in [0.2, 0.25) is 0 Å². The maximum Gasteiger partial charge on any atom is 0.204 e. The molecule has 0 saturated carbocycles. The topological polar surface area (TPSA) is 75.7 Å². The molecule has 2 aromatic rings. The van der Waals surface area contributed by atoms with Gasteiger partial charge in [-0.25, -0.2) is 0 Å². The lowest BCUT2D eigenvalue weighted by atomic mass is 10.1. The van der Waals surface area contributed by atoms with Crippen LogP contribution in [0.3, 0.4) is 0 Å². The number of hydrogen-bond donors (Lipinski definition) is 2. The maximum absolute atomic E-state index is 5.92. The highest BCUT2D eigenvalue weighted by Gasteiger charge is 2.14. The quantitative estimate of drug-likeness (QED) is 0.890. The largest absolute Gasteiger partial charge is 0.490 e. The Bertz CT molecular complexity index is 481. The summed E-state index contributed by atoms with van der Waals surface area (Å²) in [4.78, 5) is 0. The van der Waals surface area contributed by atoms with E-state index >= 15 is 0 Å². The van der Waals surface area contributed by atoms with Crippen molar-refractivity contribution in [2.24, 2.45) is 0 Å². The van der Waals surface area contributed by atoms with E-state index in [2.05, 4.69) is 25.9 Å². The van der Waals surface area contributed by atoms with Crippen LogP contribution in [0.4, 0.5) is 0 Å². The van der Waals surface area contributed by atoms with Crippen molar-refractivity contribution < 1.29 is 4.74 Å². The van der Waals surface area contributed by atoms with Crippen LogP contribution >= 0.6 is 12.4 Å². The highest BCUT2D eigenvalue weighted by molar-refractivity contribution is 5.85. The number of halogens is 1. The van der Waals surface area contributed by atoms with Gasteiger partial charge in [0.2, 0.25) is 5.82 Å². The number of hydrogen-bond acceptors (Lipinski definition) is 5. The summed E-state index contributed by atoms with van der Waals surface area (Å²) in [5.41, 5.74) is 0.932. The molecule has 0 spiro atoms. The van der Waals surface area contributed by atoms with Crippen LogP contribution in [0.25, 0.3) is 11.4 Å². The predicted molar refractivity (Wildman–Crippen MR) is 73.4 cm³/mol. The van der Waals surface area contributed by atoms with Crippen molar-refractivity contribution >= 4 is 12.4 Å². The molecule has 0 unspecified atom stereocenters. The van der Waals surface area contributed by atoms with E-state index in [4.69, 9.17) is 4.74 Å². The zero-order valence-corrected chi connectivity index (χ0v) is 11.2. The molecule has 0 atom stereocenters. The molecule has 0 radical (unpaired) electrons. The van der Waals surface area contributed by atoms with Crippen LogP contribution in [0, 0.1) is 0 Å². The van der Waals surface area contributed by atoms with Gasteiger partial charge in [-0.05, 0) is 55.4 Å². The number of piperidine rings is 1. The number of H-pyrrole nitrogens is 1. The molecule has 1 aliphatic heterocycles. The van der Waals surface area contributed by atoms with E-state index in [1.807, 2.05) is 24.3 Å². The molecule has 3 rings (SSSR count). The van der Waals surface area contributed by atoms with Gasteiger partial charge >= 0.3 is 0 Å². The van der Waals surface area contributed by atoms with Crippen molar-refractivity contribution in [1.29, 1.82) is 0 Å². The fraction of sp³-hybridized carbons (Fsp3) is 0.417. The third-order valence-corrected chi connectivity index (χ3v) is 3.05. The van der Waals surface area contributed by atoms with Gasteiger partial charge in [-0.15, -0.1) is 22.6 Å². The van der Waals surface area contributed by atoms with Crippen LogP contribution in [-0.4, -0.2) is 39.8 Å². The molecule has 1 saturated heterocycles. The summed E-state index contributed by atoms with van der Waals surface area (Å²) in [6.45, 7) is 2.07. The lowest BCUT2D eigenvalue weighted by Crippen LogP contribution is -2.34. The predicted octanol–water partition coefficient (Wildman–Crippen LogP) is 1.42. The van der Waals surface area contributed by atoms with E-state index in [0.29, 0.717) is 11.9 Å². The summed E-state index contributed by atoms with van der Waals surface area (Å²) in [5.74, 6) is 1.50. The van der Waals surface area contributed by atoms with Crippen LogP contribution in [0.5, 0.6) is 5.75 Å². The molecule has 7 heteroatoms. The summed E-state index contributed by atoms with van der Waals surface area (Å²) < 4.78 is 5.92. The van der Waals surface area contributed by atoms with Crippen molar-refractivity contribution in [2.75, 3.05) is 13.1 Å².